The van der Waals surface area contributed by atoms with Crippen molar-refractivity contribution in [1.29, 1.82) is 0 Å². The topological polar surface area (TPSA) is 89.4 Å². The first-order valence-corrected chi connectivity index (χ1v) is 11.0. The molecule has 6 nitrogen and oxygen atoms in total. The second-order valence-corrected chi connectivity index (χ2v) is 8.41. The van der Waals surface area contributed by atoms with Crippen molar-refractivity contribution in [3.8, 4) is 5.75 Å². The highest BCUT2D eigenvalue weighted by Gasteiger charge is 2.25. The van der Waals surface area contributed by atoms with Crippen molar-refractivity contribution >= 4 is 51.4 Å². The number of aromatic nitrogens is 2. The SMILES string of the molecule is COc1ccc(CC(C(=O)c2cc(C)cs2)=C(C(=O)O)c2ccc3nsnc3c2)cc1. The summed E-state index contributed by atoms with van der Waals surface area (Å²) >= 11 is 2.38. The summed E-state index contributed by atoms with van der Waals surface area (Å²) in [5.74, 6) is -0.759. The van der Waals surface area contributed by atoms with E-state index in [1.807, 2.05) is 24.4 Å². The van der Waals surface area contributed by atoms with Crippen LogP contribution >= 0.6 is 23.1 Å². The molecule has 31 heavy (non-hydrogen) atoms. The Morgan fingerprint density at radius 3 is 2.42 bits per heavy atom. The van der Waals surface area contributed by atoms with Crippen molar-refractivity contribution in [3.05, 3.63) is 81.1 Å². The van der Waals surface area contributed by atoms with Crippen LogP contribution in [0.2, 0.25) is 0 Å². The van der Waals surface area contributed by atoms with Gasteiger partial charge < -0.3 is 9.84 Å². The Hall–Kier alpha value is -3.36. The summed E-state index contributed by atoms with van der Waals surface area (Å²) in [7, 11) is 1.58. The maximum absolute atomic E-state index is 13.5. The Morgan fingerprint density at radius 1 is 1.03 bits per heavy atom. The van der Waals surface area contributed by atoms with Gasteiger partial charge in [-0.3, -0.25) is 4.79 Å². The second-order valence-electron chi connectivity index (χ2n) is 6.97. The van der Waals surface area contributed by atoms with E-state index in [0.29, 0.717) is 27.2 Å². The Morgan fingerprint density at radius 2 is 1.77 bits per heavy atom. The van der Waals surface area contributed by atoms with Crippen molar-refractivity contribution in [2.45, 2.75) is 13.3 Å². The van der Waals surface area contributed by atoms with Crippen LogP contribution in [0.5, 0.6) is 5.75 Å². The summed E-state index contributed by atoms with van der Waals surface area (Å²) in [6, 6.07) is 14.1. The molecule has 0 aliphatic carbocycles. The van der Waals surface area contributed by atoms with Gasteiger partial charge in [-0.15, -0.1) is 11.3 Å². The number of rotatable bonds is 7. The molecule has 0 unspecified atom stereocenters. The summed E-state index contributed by atoms with van der Waals surface area (Å²) in [6.07, 6.45) is 0.175. The van der Waals surface area contributed by atoms with Crippen LogP contribution in [-0.2, 0) is 11.2 Å². The number of ether oxygens (including phenoxy) is 1. The maximum atomic E-state index is 13.5. The minimum Gasteiger partial charge on any atom is -0.497 e. The molecule has 8 heteroatoms. The number of benzene rings is 2. The van der Waals surface area contributed by atoms with E-state index in [0.717, 1.165) is 22.9 Å². The lowest BCUT2D eigenvalue weighted by molar-refractivity contribution is -0.130. The van der Waals surface area contributed by atoms with Gasteiger partial charge in [-0.2, -0.15) is 8.75 Å². The van der Waals surface area contributed by atoms with Crippen LogP contribution in [0.3, 0.4) is 0 Å². The lowest BCUT2D eigenvalue weighted by atomic mass is 9.91. The van der Waals surface area contributed by atoms with Gasteiger partial charge in [0.05, 0.1) is 29.3 Å². The summed E-state index contributed by atoms with van der Waals surface area (Å²) in [6.45, 7) is 1.90. The fourth-order valence-electron chi connectivity index (χ4n) is 3.29. The number of Topliss-reactive ketones (excluding diaryl/α,β-unsaturated/α-hetero) is 1. The first-order chi connectivity index (χ1) is 15.0. The van der Waals surface area contributed by atoms with Gasteiger partial charge in [0.25, 0.3) is 0 Å². The van der Waals surface area contributed by atoms with E-state index in [1.165, 1.54) is 11.3 Å². The van der Waals surface area contributed by atoms with Gasteiger partial charge in [-0.25, -0.2) is 4.79 Å². The Bertz CT molecular complexity index is 1300. The number of carboxylic acids is 1. The number of carbonyl (C=O) groups excluding carboxylic acids is 1. The molecule has 0 fully saturated rings. The first kappa shape index (κ1) is 20.9. The summed E-state index contributed by atoms with van der Waals surface area (Å²) in [5, 5.41) is 12.0. The Kier molecular flexibility index (Phi) is 5.92. The summed E-state index contributed by atoms with van der Waals surface area (Å²) in [5.41, 5.74) is 3.69. The molecule has 156 valence electrons. The predicted molar refractivity (Wildman–Crippen MR) is 122 cm³/mol. The fourth-order valence-corrected chi connectivity index (χ4v) is 4.68. The lowest BCUT2D eigenvalue weighted by Crippen LogP contribution is -2.13. The molecule has 0 radical (unpaired) electrons. The van der Waals surface area contributed by atoms with Crippen molar-refractivity contribution in [2.24, 2.45) is 0 Å². The molecular weight excluding hydrogens is 432 g/mol. The molecule has 0 atom stereocenters. The monoisotopic (exact) mass is 450 g/mol. The quantitative estimate of drug-likeness (QED) is 0.314. The number of allylic oxidation sites excluding steroid dienone is 1. The number of aliphatic carboxylic acids is 1. The third-order valence-corrected chi connectivity index (χ3v) is 6.43. The van der Waals surface area contributed by atoms with Crippen molar-refractivity contribution < 1.29 is 19.4 Å². The molecule has 0 bridgehead atoms. The van der Waals surface area contributed by atoms with Crippen LogP contribution in [-0.4, -0.2) is 32.7 Å². The highest BCUT2D eigenvalue weighted by atomic mass is 32.1. The predicted octanol–water partition coefficient (Wildman–Crippen LogP) is 5.03. The van der Waals surface area contributed by atoms with Crippen molar-refractivity contribution in [2.75, 3.05) is 7.11 Å². The molecule has 0 aliphatic rings. The van der Waals surface area contributed by atoms with Crippen LogP contribution in [0.4, 0.5) is 0 Å². The highest BCUT2D eigenvalue weighted by Crippen LogP contribution is 2.29. The zero-order valence-electron chi connectivity index (χ0n) is 16.8. The third-order valence-electron chi connectivity index (χ3n) is 4.83. The number of thiophene rings is 1. The molecule has 4 aromatic rings. The number of methoxy groups -OCH3 is 1. The van der Waals surface area contributed by atoms with Gasteiger partial charge in [0, 0.05) is 12.0 Å². The number of hydrogen-bond donors (Lipinski definition) is 1. The second kappa shape index (κ2) is 8.79. The average molecular weight is 451 g/mol. The minimum atomic E-state index is -1.16. The van der Waals surface area contributed by atoms with Gasteiger partial charge in [-0.05, 0) is 59.3 Å². The molecular formula is C23H18N2O4S2. The van der Waals surface area contributed by atoms with E-state index >= 15 is 0 Å². The molecule has 2 heterocycles. The van der Waals surface area contributed by atoms with E-state index < -0.39 is 5.97 Å². The van der Waals surface area contributed by atoms with Gasteiger partial charge in [0.15, 0.2) is 5.78 Å². The van der Waals surface area contributed by atoms with E-state index in [1.54, 1.807) is 43.5 Å². The van der Waals surface area contributed by atoms with Crippen LogP contribution in [0.15, 0.2) is 59.5 Å². The highest BCUT2D eigenvalue weighted by molar-refractivity contribution is 7.12. The lowest BCUT2D eigenvalue weighted by Gasteiger charge is -2.13. The standard InChI is InChI=1S/C23H18N2O4S2/c1-13-9-20(30-12-13)22(26)17(10-14-3-6-16(29-2)7-4-14)21(23(27)28)15-5-8-18-19(11-15)25-31-24-18/h3-9,11-12H,10H2,1-2H3,(H,27,28). The van der Waals surface area contributed by atoms with Crippen molar-refractivity contribution in [1.82, 2.24) is 8.75 Å². The van der Waals surface area contributed by atoms with Crippen LogP contribution in [0.1, 0.15) is 26.4 Å². The van der Waals surface area contributed by atoms with E-state index in [-0.39, 0.29) is 23.4 Å². The van der Waals surface area contributed by atoms with Gasteiger partial charge in [0.1, 0.15) is 16.8 Å². The molecule has 0 amide bonds. The molecule has 2 aromatic heterocycles. The van der Waals surface area contributed by atoms with E-state index in [9.17, 15) is 14.7 Å². The molecule has 0 aliphatic heterocycles. The number of nitrogens with zero attached hydrogens (tertiary/aromatic N) is 2. The number of carboxylic acid groups (broad SMARTS) is 1. The summed E-state index contributed by atoms with van der Waals surface area (Å²) in [4.78, 5) is 26.4. The molecule has 0 spiro atoms. The normalized spacial score (nSPS) is 11.9. The van der Waals surface area contributed by atoms with Crippen LogP contribution in [0.25, 0.3) is 16.6 Å². The Labute approximate surface area is 186 Å². The van der Waals surface area contributed by atoms with E-state index in [4.69, 9.17) is 4.74 Å². The smallest absolute Gasteiger partial charge is 0.336 e. The fraction of sp³-hybridized carbons (Fsp3) is 0.130. The number of aryl methyl sites for hydroxylation is 1. The molecule has 0 saturated carbocycles. The minimum absolute atomic E-state index is 0.0261. The van der Waals surface area contributed by atoms with Crippen LogP contribution < -0.4 is 4.74 Å². The Balaban J connectivity index is 1.88. The zero-order chi connectivity index (χ0) is 22.0. The van der Waals surface area contributed by atoms with Gasteiger partial charge in [-0.1, -0.05) is 18.2 Å². The first-order valence-electron chi connectivity index (χ1n) is 9.38. The van der Waals surface area contributed by atoms with Gasteiger partial charge in [0.2, 0.25) is 0 Å². The number of fused-ring (bicyclic) bond motifs is 1. The maximum Gasteiger partial charge on any atom is 0.336 e. The van der Waals surface area contributed by atoms with Crippen LogP contribution in [0, 0.1) is 6.92 Å². The average Bonchev–Trinajstić information content (AvgIpc) is 3.41. The van der Waals surface area contributed by atoms with E-state index in [2.05, 4.69) is 8.75 Å². The zero-order valence-corrected chi connectivity index (χ0v) is 18.4. The number of carbonyl (C=O) groups is 2. The molecule has 0 saturated heterocycles. The molecule has 2 aromatic carbocycles. The number of hydrogen-bond acceptors (Lipinski definition) is 7. The third kappa shape index (κ3) is 4.40. The summed E-state index contributed by atoms with van der Waals surface area (Å²) < 4.78 is 13.6. The van der Waals surface area contributed by atoms with Crippen molar-refractivity contribution in [3.63, 3.8) is 0 Å². The molecule has 1 N–H and O–H groups in total. The van der Waals surface area contributed by atoms with Gasteiger partial charge >= 0.3 is 5.97 Å². The molecule has 4 rings (SSSR count). The number of ketones is 1. The largest absolute Gasteiger partial charge is 0.497 e.